The van der Waals surface area contributed by atoms with Crippen LogP contribution in [0.4, 0.5) is 0 Å². The maximum absolute atomic E-state index is 5.26. The Balaban J connectivity index is 1.37. The molecule has 0 bridgehead atoms. The van der Waals surface area contributed by atoms with Crippen molar-refractivity contribution in [3.8, 4) is 45.0 Å². The maximum Gasteiger partial charge on any atom is 0.161 e. The van der Waals surface area contributed by atoms with Crippen molar-refractivity contribution in [1.82, 2.24) is 9.97 Å². The van der Waals surface area contributed by atoms with E-state index in [0.29, 0.717) is 0 Å². The van der Waals surface area contributed by atoms with Crippen molar-refractivity contribution in [3.63, 3.8) is 0 Å². The molecule has 0 radical (unpaired) electrons. The summed E-state index contributed by atoms with van der Waals surface area (Å²) < 4.78 is 0. The third-order valence-corrected chi connectivity index (χ3v) is 10.1. The summed E-state index contributed by atoms with van der Waals surface area (Å²) in [4.78, 5) is 13.1. The lowest BCUT2D eigenvalue weighted by Gasteiger charge is -2.39. The van der Waals surface area contributed by atoms with E-state index in [1.54, 1.807) is 0 Å². The van der Waals surface area contributed by atoms with E-state index in [1.165, 1.54) is 43.2 Å². The highest BCUT2D eigenvalue weighted by atomic mass is 32.2. The molecule has 1 spiro atoms. The molecule has 2 aliphatic rings. The summed E-state index contributed by atoms with van der Waals surface area (Å²) in [6.07, 6.45) is 0. The molecule has 0 saturated heterocycles. The molecule has 6 aromatic carbocycles. The van der Waals surface area contributed by atoms with E-state index in [1.807, 2.05) is 23.9 Å². The van der Waals surface area contributed by atoms with Crippen LogP contribution in [0.1, 0.15) is 22.3 Å². The van der Waals surface area contributed by atoms with E-state index in [-0.39, 0.29) is 0 Å². The highest BCUT2D eigenvalue weighted by molar-refractivity contribution is 7.99. The zero-order chi connectivity index (χ0) is 29.1. The number of fused-ring (bicyclic) bond motifs is 9. The van der Waals surface area contributed by atoms with Crippen LogP contribution >= 0.6 is 11.8 Å². The monoisotopic (exact) mass is 578 g/mol. The van der Waals surface area contributed by atoms with Gasteiger partial charge in [0.05, 0.1) is 16.8 Å². The Morgan fingerprint density at radius 2 is 0.886 bits per heavy atom. The number of hydrogen-bond acceptors (Lipinski definition) is 3. The Morgan fingerprint density at radius 3 is 1.50 bits per heavy atom. The minimum absolute atomic E-state index is 0.431. The fraction of sp³-hybridized carbons (Fsp3) is 0.0244. The van der Waals surface area contributed by atoms with Gasteiger partial charge < -0.3 is 0 Å². The Hall–Kier alpha value is -5.25. The van der Waals surface area contributed by atoms with Crippen molar-refractivity contribution in [2.45, 2.75) is 15.2 Å². The van der Waals surface area contributed by atoms with Gasteiger partial charge in [-0.15, -0.1) is 0 Å². The van der Waals surface area contributed by atoms with Crippen LogP contribution in [0, 0.1) is 0 Å². The molecule has 1 aromatic heterocycles. The SMILES string of the molecule is c1ccc(-c2cc(-c3ccccc3)nc(-c3cccc4c3-c3ccccc3C43c4ccccc4Sc4ccccc43)n2)cc1. The average Bonchev–Trinajstić information content (AvgIpc) is 3.40. The largest absolute Gasteiger partial charge is 0.228 e. The van der Waals surface area contributed by atoms with Crippen molar-refractivity contribution in [2.24, 2.45) is 0 Å². The van der Waals surface area contributed by atoms with Gasteiger partial charge in [-0.05, 0) is 51.6 Å². The smallest absolute Gasteiger partial charge is 0.161 e. The molecule has 0 amide bonds. The van der Waals surface area contributed by atoms with Gasteiger partial charge in [-0.2, -0.15) is 0 Å². The second-order valence-corrected chi connectivity index (χ2v) is 12.4. The predicted octanol–water partition coefficient (Wildman–Crippen LogP) is 10.3. The molecule has 1 aliphatic heterocycles. The van der Waals surface area contributed by atoms with Crippen LogP contribution in [0.5, 0.6) is 0 Å². The molecular formula is C41H26N2S. The summed E-state index contributed by atoms with van der Waals surface area (Å²) in [6.45, 7) is 0. The minimum atomic E-state index is -0.431. The van der Waals surface area contributed by atoms with E-state index in [0.717, 1.165) is 33.9 Å². The summed E-state index contributed by atoms with van der Waals surface area (Å²) >= 11 is 1.87. The molecule has 0 unspecified atom stereocenters. The van der Waals surface area contributed by atoms with Gasteiger partial charge in [0.15, 0.2) is 5.82 Å². The number of rotatable bonds is 3. The van der Waals surface area contributed by atoms with Crippen LogP contribution in [0.2, 0.25) is 0 Å². The highest BCUT2D eigenvalue weighted by Crippen LogP contribution is 2.63. The Morgan fingerprint density at radius 1 is 0.409 bits per heavy atom. The molecule has 2 nitrogen and oxygen atoms in total. The van der Waals surface area contributed by atoms with Gasteiger partial charge in [-0.3, -0.25) is 0 Å². The van der Waals surface area contributed by atoms with Crippen molar-refractivity contribution in [1.29, 1.82) is 0 Å². The van der Waals surface area contributed by atoms with Crippen LogP contribution in [0.15, 0.2) is 168 Å². The molecule has 0 fully saturated rings. The number of aromatic nitrogens is 2. The number of benzene rings is 6. The Kier molecular flexibility index (Phi) is 5.69. The van der Waals surface area contributed by atoms with Gasteiger partial charge in [0.25, 0.3) is 0 Å². The lowest BCUT2D eigenvalue weighted by molar-refractivity contribution is 0.722. The van der Waals surface area contributed by atoms with Gasteiger partial charge in [0.2, 0.25) is 0 Å². The zero-order valence-corrected chi connectivity index (χ0v) is 24.6. The number of nitrogens with zero attached hydrogens (tertiary/aromatic N) is 2. The van der Waals surface area contributed by atoms with Gasteiger partial charge in [-0.1, -0.05) is 151 Å². The van der Waals surface area contributed by atoms with E-state index in [2.05, 4.69) is 146 Å². The molecule has 44 heavy (non-hydrogen) atoms. The lowest BCUT2D eigenvalue weighted by atomic mass is 9.67. The van der Waals surface area contributed by atoms with Gasteiger partial charge >= 0.3 is 0 Å². The molecule has 3 heteroatoms. The second kappa shape index (κ2) is 9.90. The molecular weight excluding hydrogens is 553 g/mol. The minimum Gasteiger partial charge on any atom is -0.228 e. The first kappa shape index (κ1) is 25.3. The Bertz CT molecular complexity index is 2100. The van der Waals surface area contributed by atoms with Crippen molar-refractivity contribution < 1.29 is 0 Å². The van der Waals surface area contributed by atoms with E-state index in [4.69, 9.17) is 9.97 Å². The van der Waals surface area contributed by atoms with Crippen LogP contribution in [-0.2, 0) is 5.41 Å². The summed E-state index contributed by atoms with van der Waals surface area (Å²) in [7, 11) is 0. The molecule has 206 valence electrons. The molecule has 0 atom stereocenters. The van der Waals surface area contributed by atoms with Crippen LogP contribution in [0.25, 0.3) is 45.0 Å². The molecule has 0 N–H and O–H groups in total. The first-order chi connectivity index (χ1) is 21.8. The number of hydrogen-bond donors (Lipinski definition) is 0. The summed E-state index contributed by atoms with van der Waals surface area (Å²) in [5.74, 6) is 0.737. The quantitative estimate of drug-likeness (QED) is 0.209. The molecule has 9 rings (SSSR count). The zero-order valence-electron chi connectivity index (χ0n) is 23.8. The van der Waals surface area contributed by atoms with Crippen molar-refractivity contribution >= 4 is 11.8 Å². The molecule has 1 aliphatic carbocycles. The summed E-state index contributed by atoms with van der Waals surface area (Å²) in [6, 6.07) is 56.4. The molecule has 2 heterocycles. The standard InChI is InChI=1S/C41H26N2S/c1-3-14-27(15-4-1)35-26-36(28-16-5-2-6-17-28)43-40(42-35)30-19-13-23-34-39(30)29-18-7-8-20-31(29)41(34)32-21-9-11-24-37(32)44-38-25-12-10-22-33(38)41/h1-26H. The Labute approximate surface area is 261 Å². The van der Waals surface area contributed by atoms with E-state index in [9.17, 15) is 0 Å². The first-order valence-corrected chi connectivity index (χ1v) is 15.7. The third kappa shape index (κ3) is 3.63. The van der Waals surface area contributed by atoms with Gasteiger partial charge in [0, 0.05) is 26.5 Å². The van der Waals surface area contributed by atoms with Gasteiger partial charge in [0.1, 0.15) is 0 Å². The molecule has 7 aromatic rings. The lowest BCUT2D eigenvalue weighted by Crippen LogP contribution is -2.31. The fourth-order valence-corrected chi connectivity index (χ4v) is 8.36. The summed E-state index contributed by atoms with van der Waals surface area (Å²) in [5, 5.41) is 0. The average molecular weight is 579 g/mol. The fourth-order valence-electron chi connectivity index (χ4n) is 7.17. The predicted molar refractivity (Wildman–Crippen MR) is 180 cm³/mol. The summed E-state index contributed by atoms with van der Waals surface area (Å²) in [5.41, 5.74) is 12.3. The normalized spacial score (nSPS) is 13.5. The molecule has 0 saturated carbocycles. The van der Waals surface area contributed by atoms with Crippen LogP contribution < -0.4 is 0 Å². The van der Waals surface area contributed by atoms with E-state index >= 15 is 0 Å². The second-order valence-electron chi connectivity index (χ2n) is 11.3. The van der Waals surface area contributed by atoms with Crippen LogP contribution in [-0.4, -0.2) is 9.97 Å². The van der Waals surface area contributed by atoms with E-state index < -0.39 is 5.41 Å². The van der Waals surface area contributed by atoms with Crippen molar-refractivity contribution in [3.05, 3.63) is 180 Å². The third-order valence-electron chi connectivity index (χ3n) is 8.98. The maximum atomic E-state index is 5.26. The topological polar surface area (TPSA) is 25.8 Å². The first-order valence-electron chi connectivity index (χ1n) is 14.9. The van der Waals surface area contributed by atoms with Crippen molar-refractivity contribution in [2.75, 3.05) is 0 Å². The highest BCUT2D eigenvalue weighted by Gasteiger charge is 2.50. The van der Waals surface area contributed by atoms with Crippen LogP contribution in [0.3, 0.4) is 0 Å². The van der Waals surface area contributed by atoms with Gasteiger partial charge in [-0.25, -0.2) is 9.97 Å².